The number of phenols is 1. The lowest BCUT2D eigenvalue weighted by atomic mass is 10.1. The smallest absolute Gasteiger partial charge is 0.117 e. The highest BCUT2D eigenvalue weighted by Gasteiger charge is 2.18. The predicted octanol–water partition coefficient (Wildman–Crippen LogP) is 1.65. The lowest BCUT2D eigenvalue weighted by molar-refractivity contribution is 0.144. The van der Waals surface area contributed by atoms with Gasteiger partial charge in [0.2, 0.25) is 0 Å². The van der Waals surface area contributed by atoms with Crippen molar-refractivity contribution in [2.45, 2.75) is 25.5 Å². The monoisotopic (exact) mass is 203 g/mol. The minimum atomic E-state index is -0.213. The Morgan fingerprint density at radius 3 is 3.00 bits per heavy atom. The van der Waals surface area contributed by atoms with Crippen LogP contribution in [0.4, 0.5) is 0 Å². The van der Waals surface area contributed by atoms with Gasteiger partial charge >= 0.3 is 0 Å². The minimum Gasteiger partial charge on any atom is -0.508 e. The number of aliphatic hydroxyl groups is 1. The Kier molecular flexibility index (Phi) is 1.76. The average Bonchev–Trinajstić information content (AvgIpc) is 2.54. The Bertz CT molecular complexity index is 516. The Morgan fingerprint density at radius 1 is 1.27 bits per heavy atom. The molecule has 1 aliphatic rings. The van der Waals surface area contributed by atoms with Crippen LogP contribution in [0.2, 0.25) is 0 Å². The second-order valence-corrected chi connectivity index (χ2v) is 4.18. The molecule has 0 aliphatic carbocycles. The van der Waals surface area contributed by atoms with Crippen LogP contribution >= 0.6 is 0 Å². The van der Waals surface area contributed by atoms with Crippen molar-refractivity contribution in [1.82, 2.24) is 4.57 Å². The number of nitrogens with zero attached hydrogens (tertiary/aromatic N) is 1. The summed E-state index contributed by atoms with van der Waals surface area (Å²) in [5.41, 5.74) is 2.23. The Balaban J connectivity index is 2.24. The number of phenolic OH excluding ortho intramolecular Hbond substituents is 1. The summed E-state index contributed by atoms with van der Waals surface area (Å²) in [4.78, 5) is 0. The maximum absolute atomic E-state index is 9.57. The van der Waals surface area contributed by atoms with Crippen LogP contribution in [0.15, 0.2) is 24.3 Å². The molecule has 0 bridgehead atoms. The first kappa shape index (κ1) is 8.80. The van der Waals surface area contributed by atoms with Crippen LogP contribution < -0.4 is 0 Å². The van der Waals surface area contributed by atoms with Crippen molar-refractivity contribution in [3.8, 4) is 5.75 Å². The molecule has 1 atom stereocenters. The number of hydrogen-bond acceptors (Lipinski definition) is 2. The number of rotatable bonds is 0. The Labute approximate surface area is 87.6 Å². The van der Waals surface area contributed by atoms with Gasteiger partial charge in [0.1, 0.15) is 5.75 Å². The molecule has 78 valence electrons. The SMILES string of the molecule is Oc1ccc2cc3n(c2c1)CCC(O)C3. The molecule has 0 saturated carbocycles. The first-order valence-electron chi connectivity index (χ1n) is 5.23. The van der Waals surface area contributed by atoms with E-state index in [1.165, 1.54) is 0 Å². The summed E-state index contributed by atoms with van der Waals surface area (Å²) in [6, 6.07) is 7.50. The third kappa shape index (κ3) is 1.31. The molecule has 0 fully saturated rings. The van der Waals surface area contributed by atoms with Crippen molar-refractivity contribution in [1.29, 1.82) is 0 Å². The molecule has 1 aromatic heterocycles. The molecule has 2 aromatic rings. The summed E-state index contributed by atoms with van der Waals surface area (Å²) in [6.45, 7) is 0.837. The van der Waals surface area contributed by atoms with E-state index < -0.39 is 0 Å². The van der Waals surface area contributed by atoms with Gasteiger partial charge < -0.3 is 14.8 Å². The minimum absolute atomic E-state index is 0.213. The van der Waals surface area contributed by atoms with E-state index in [9.17, 15) is 10.2 Å². The molecule has 1 aromatic carbocycles. The average molecular weight is 203 g/mol. The van der Waals surface area contributed by atoms with E-state index in [0.717, 1.165) is 36.0 Å². The Hall–Kier alpha value is -1.48. The van der Waals surface area contributed by atoms with Gasteiger partial charge in [-0.05, 0) is 24.6 Å². The first-order chi connectivity index (χ1) is 7.24. The first-order valence-corrected chi connectivity index (χ1v) is 5.23. The van der Waals surface area contributed by atoms with Crippen LogP contribution in [0.5, 0.6) is 5.75 Å². The molecule has 3 rings (SSSR count). The van der Waals surface area contributed by atoms with Gasteiger partial charge in [0.05, 0.1) is 11.6 Å². The normalized spacial score (nSPS) is 20.5. The number of fused-ring (bicyclic) bond motifs is 3. The van der Waals surface area contributed by atoms with E-state index in [1.54, 1.807) is 12.1 Å². The fourth-order valence-corrected chi connectivity index (χ4v) is 2.35. The van der Waals surface area contributed by atoms with Gasteiger partial charge in [-0.15, -0.1) is 0 Å². The number of hydrogen-bond donors (Lipinski definition) is 2. The fourth-order valence-electron chi connectivity index (χ4n) is 2.35. The van der Waals surface area contributed by atoms with Gasteiger partial charge in [0, 0.05) is 30.1 Å². The van der Waals surface area contributed by atoms with Crippen LogP contribution in [-0.4, -0.2) is 20.9 Å². The molecular weight excluding hydrogens is 190 g/mol. The van der Waals surface area contributed by atoms with Crippen LogP contribution in [-0.2, 0) is 13.0 Å². The standard InChI is InChI=1S/C12H13NO2/c14-10-2-1-8-5-9-6-11(15)3-4-13(9)12(8)7-10/h1-2,5,7,11,14-15H,3-4,6H2. The van der Waals surface area contributed by atoms with Gasteiger partial charge in [0.15, 0.2) is 0 Å². The summed E-state index contributed by atoms with van der Waals surface area (Å²) in [5.74, 6) is 0.300. The molecule has 3 heteroatoms. The lowest BCUT2D eigenvalue weighted by Crippen LogP contribution is -2.22. The fraction of sp³-hybridized carbons (Fsp3) is 0.333. The molecular formula is C12H13NO2. The van der Waals surface area contributed by atoms with E-state index >= 15 is 0 Å². The highest BCUT2D eigenvalue weighted by Crippen LogP contribution is 2.27. The van der Waals surface area contributed by atoms with Gasteiger partial charge in [-0.3, -0.25) is 0 Å². The number of benzene rings is 1. The molecule has 1 aliphatic heterocycles. The molecule has 0 spiro atoms. The van der Waals surface area contributed by atoms with Crippen LogP contribution in [0, 0.1) is 0 Å². The van der Waals surface area contributed by atoms with E-state index in [0.29, 0.717) is 5.75 Å². The lowest BCUT2D eigenvalue weighted by Gasteiger charge is -2.20. The predicted molar refractivity (Wildman–Crippen MR) is 57.9 cm³/mol. The van der Waals surface area contributed by atoms with Crippen molar-refractivity contribution in [2.75, 3.05) is 0 Å². The van der Waals surface area contributed by atoms with Gasteiger partial charge in [-0.1, -0.05) is 0 Å². The zero-order valence-electron chi connectivity index (χ0n) is 8.35. The van der Waals surface area contributed by atoms with Crippen molar-refractivity contribution in [3.63, 3.8) is 0 Å². The molecule has 0 amide bonds. The molecule has 15 heavy (non-hydrogen) atoms. The number of aromatic nitrogens is 1. The molecule has 3 nitrogen and oxygen atoms in total. The zero-order chi connectivity index (χ0) is 10.4. The summed E-state index contributed by atoms with van der Waals surface area (Å²) in [7, 11) is 0. The van der Waals surface area contributed by atoms with Crippen molar-refractivity contribution >= 4 is 10.9 Å². The van der Waals surface area contributed by atoms with Crippen molar-refractivity contribution in [2.24, 2.45) is 0 Å². The second kappa shape index (κ2) is 3.00. The topological polar surface area (TPSA) is 45.4 Å². The van der Waals surface area contributed by atoms with Crippen LogP contribution in [0.3, 0.4) is 0 Å². The second-order valence-electron chi connectivity index (χ2n) is 4.18. The van der Waals surface area contributed by atoms with Gasteiger partial charge in [0.25, 0.3) is 0 Å². The molecule has 0 saturated heterocycles. The quantitative estimate of drug-likeness (QED) is 0.684. The summed E-state index contributed by atoms with van der Waals surface area (Å²) < 4.78 is 2.18. The summed E-state index contributed by atoms with van der Waals surface area (Å²) >= 11 is 0. The molecule has 1 unspecified atom stereocenters. The van der Waals surface area contributed by atoms with Crippen LogP contribution in [0.25, 0.3) is 10.9 Å². The summed E-state index contributed by atoms with van der Waals surface area (Å²) in [5, 5.41) is 20.1. The Morgan fingerprint density at radius 2 is 2.13 bits per heavy atom. The van der Waals surface area contributed by atoms with Crippen molar-refractivity contribution in [3.05, 3.63) is 30.0 Å². The van der Waals surface area contributed by atoms with E-state index in [-0.39, 0.29) is 6.10 Å². The van der Waals surface area contributed by atoms with E-state index in [1.807, 2.05) is 6.07 Å². The van der Waals surface area contributed by atoms with Gasteiger partial charge in [-0.2, -0.15) is 0 Å². The highest BCUT2D eigenvalue weighted by molar-refractivity contribution is 5.82. The molecule has 2 heterocycles. The number of aryl methyl sites for hydroxylation is 1. The number of aromatic hydroxyl groups is 1. The highest BCUT2D eigenvalue weighted by atomic mass is 16.3. The van der Waals surface area contributed by atoms with Crippen molar-refractivity contribution < 1.29 is 10.2 Å². The molecule has 2 N–H and O–H groups in total. The summed E-state index contributed by atoms with van der Waals surface area (Å²) in [6.07, 6.45) is 1.30. The van der Waals surface area contributed by atoms with E-state index in [4.69, 9.17) is 0 Å². The maximum atomic E-state index is 9.57. The maximum Gasteiger partial charge on any atom is 0.117 e. The molecule has 0 radical (unpaired) electrons. The largest absolute Gasteiger partial charge is 0.508 e. The third-order valence-corrected chi connectivity index (χ3v) is 3.10. The van der Waals surface area contributed by atoms with Crippen LogP contribution in [0.1, 0.15) is 12.1 Å². The van der Waals surface area contributed by atoms with Gasteiger partial charge in [-0.25, -0.2) is 0 Å². The van der Waals surface area contributed by atoms with E-state index in [2.05, 4.69) is 10.6 Å². The third-order valence-electron chi connectivity index (χ3n) is 3.10. The zero-order valence-corrected chi connectivity index (χ0v) is 8.35. The number of aliphatic hydroxyl groups excluding tert-OH is 1.